The molecule has 5 nitrogen and oxygen atoms in total. The second-order valence-corrected chi connectivity index (χ2v) is 7.47. The first-order chi connectivity index (χ1) is 11.2. The van der Waals surface area contributed by atoms with E-state index in [0.717, 1.165) is 22.8 Å². The molecule has 0 unspecified atom stereocenters. The van der Waals surface area contributed by atoms with E-state index < -0.39 is 0 Å². The number of aryl methyl sites for hydroxylation is 1. The third-order valence-electron chi connectivity index (χ3n) is 5.73. The molecule has 4 aliphatic rings. The molecule has 4 bridgehead atoms. The summed E-state index contributed by atoms with van der Waals surface area (Å²) >= 11 is 0. The van der Waals surface area contributed by atoms with Crippen LogP contribution >= 0.6 is 12.4 Å². The van der Waals surface area contributed by atoms with E-state index in [0.29, 0.717) is 17.9 Å². The molecule has 24 heavy (non-hydrogen) atoms. The normalized spacial score (nSPS) is 33.3. The van der Waals surface area contributed by atoms with Gasteiger partial charge in [0.15, 0.2) is 0 Å². The van der Waals surface area contributed by atoms with Crippen molar-refractivity contribution in [2.45, 2.75) is 18.9 Å². The number of aromatic nitrogens is 3. The number of piperidine rings is 3. The molecule has 4 fully saturated rings. The van der Waals surface area contributed by atoms with Gasteiger partial charge in [-0.05, 0) is 24.8 Å². The van der Waals surface area contributed by atoms with Gasteiger partial charge in [0.05, 0.1) is 12.4 Å². The Bertz CT molecular complexity index is 703. The predicted octanol–water partition coefficient (Wildman–Crippen LogP) is 2.62. The molecule has 1 aliphatic carbocycles. The van der Waals surface area contributed by atoms with E-state index in [2.05, 4.69) is 21.0 Å². The van der Waals surface area contributed by atoms with Gasteiger partial charge in [-0.25, -0.2) is 0 Å². The van der Waals surface area contributed by atoms with Crippen molar-refractivity contribution in [3.05, 3.63) is 30.9 Å². The molecule has 0 amide bonds. The van der Waals surface area contributed by atoms with Crippen LogP contribution in [0, 0.1) is 17.8 Å². The maximum absolute atomic E-state index is 6.44. The van der Waals surface area contributed by atoms with Crippen LogP contribution in [0.1, 0.15) is 12.8 Å². The fraction of sp³-hybridized carbons (Fsp3) is 0.556. The molecule has 5 heterocycles. The minimum Gasteiger partial charge on any atom is -0.488 e. The van der Waals surface area contributed by atoms with E-state index in [1.165, 1.54) is 32.5 Å². The molecular weight excluding hydrogens is 324 g/mol. The van der Waals surface area contributed by atoms with Gasteiger partial charge in [-0.1, -0.05) is 0 Å². The Labute approximate surface area is 148 Å². The first-order valence-corrected chi connectivity index (χ1v) is 8.57. The Morgan fingerprint density at radius 3 is 2.50 bits per heavy atom. The van der Waals surface area contributed by atoms with Gasteiger partial charge in [0.25, 0.3) is 0 Å². The molecule has 128 valence electrons. The fourth-order valence-corrected chi connectivity index (χ4v) is 4.92. The first-order valence-electron chi connectivity index (χ1n) is 8.57. The van der Waals surface area contributed by atoms with Crippen LogP contribution in [0.3, 0.4) is 0 Å². The van der Waals surface area contributed by atoms with E-state index >= 15 is 0 Å². The summed E-state index contributed by atoms with van der Waals surface area (Å²) in [5, 5.41) is 4.24. The highest BCUT2D eigenvalue weighted by molar-refractivity contribution is 5.85. The lowest BCUT2D eigenvalue weighted by atomic mass is 9.66. The van der Waals surface area contributed by atoms with E-state index in [-0.39, 0.29) is 12.4 Å². The van der Waals surface area contributed by atoms with Crippen LogP contribution in [-0.2, 0) is 7.05 Å². The zero-order chi connectivity index (χ0) is 15.4. The van der Waals surface area contributed by atoms with Crippen molar-refractivity contribution in [1.29, 1.82) is 0 Å². The molecule has 3 saturated heterocycles. The number of pyridine rings is 1. The van der Waals surface area contributed by atoms with Gasteiger partial charge in [0, 0.05) is 62.0 Å². The van der Waals surface area contributed by atoms with Gasteiger partial charge in [-0.3, -0.25) is 9.67 Å². The SMILES string of the molecule is Cl.Cn1cc(-c2cncc(OC3[C@H]4CC5C[C@H]3CN(C5)C4)c2)cn1. The molecular formula is C18H23ClN4O. The predicted molar refractivity (Wildman–Crippen MR) is 94.2 cm³/mol. The second-order valence-electron chi connectivity index (χ2n) is 7.47. The molecule has 2 atom stereocenters. The third kappa shape index (κ3) is 2.70. The number of rotatable bonds is 3. The van der Waals surface area contributed by atoms with Crippen LogP contribution in [0.25, 0.3) is 11.1 Å². The van der Waals surface area contributed by atoms with Crippen LogP contribution in [0.2, 0.25) is 0 Å². The lowest BCUT2D eigenvalue weighted by Gasteiger charge is -2.55. The van der Waals surface area contributed by atoms with Crippen molar-refractivity contribution in [3.63, 3.8) is 0 Å². The van der Waals surface area contributed by atoms with Crippen LogP contribution < -0.4 is 4.74 Å². The monoisotopic (exact) mass is 346 g/mol. The lowest BCUT2D eigenvalue weighted by molar-refractivity contribution is -0.0985. The molecule has 6 heteroatoms. The number of halogens is 1. The minimum absolute atomic E-state index is 0. The minimum atomic E-state index is 0. The van der Waals surface area contributed by atoms with Gasteiger partial charge in [0.1, 0.15) is 11.9 Å². The zero-order valence-electron chi connectivity index (χ0n) is 13.8. The van der Waals surface area contributed by atoms with Gasteiger partial charge in [0.2, 0.25) is 0 Å². The largest absolute Gasteiger partial charge is 0.488 e. The van der Waals surface area contributed by atoms with Gasteiger partial charge >= 0.3 is 0 Å². The highest BCUT2D eigenvalue weighted by Crippen LogP contribution is 2.45. The topological polar surface area (TPSA) is 43.2 Å². The quantitative estimate of drug-likeness (QED) is 0.857. The van der Waals surface area contributed by atoms with Crippen molar-refractivity contribution in [1.82, 2.24) is 19.7 Å². The molecule has 2 aromatic rings. The first kappa shape index (κ1) is 15.9. The summed E-state index contributed by atoms with van der Waals surface area (Å²) in [6, 6.07) is 2.11. The van der Waals surface area contributed by atoms with E-state index in [1.54, 1.807) is 0 Å². The molecule has 1 saturated carbocycles. The highest BCUT2D eigenvalue weighted by atomic mass is 35.5. The third-order valence-corrected chi connectivity index (χ3v) is 5.73. The number of hydrogen-bond donors (Lipinski definition) is 0. The zero-order valence-corrected chi connectivity index (χ0v) is 14.7. The van der Waals surface area contributed by atoms with Crippen LogP contribution in [0.4, 0.5) is 0 Å². The number of nitrogens with zero attached hydrogens (tertiary/aromatic N) is 4. The van der Waals surface area contributed by atoms with Gasteiger partial charge < -0.3 is 9.64 Å². The van der Waals surface area contributed by atoms with Crippen molar-refractivity contribution in [2.24, 2.45) is 24.8 Å². The maximum atomic E-state index is 6.44. The molecule has 0 aromatic carbocycles. The summed E-state index contributed by atoms with van der Waals surface area (Å²) in [7, 11) is 1.93. The molecule has 0 N–H and O–H groups in total. The van der Waals surface area contributed by atoms with Crippen LogP contribution in [0.15, 0.2) is 30.9 Å². The Morgan fingerprint density at radius 1 is 1.04 bits per heavy atom. The molecule has 0 spiro atoms. The summed E-state index contributed by atoms with van der Waals surface area (Å²) in [4.78, 5) is 7.02. The fourth-order valence-electron chi connectivity index (χ4n) is 4.92. The van der Waals surface area contributed by atoms with Crippen molar-refractivity contribution < 1.29 is 4.74 Å². The van der Waals surface area contributed by atoms with Gasteiger partial charge in [-0.2, -0.15) is 5.10 Å². The molecule has 0 radical (unpaired) electrons. The average molecular weight is 347 g/mol. The maximum Gasteiger partial charge on any atom is 0.138 e. The Balaban J connectivity index is 0.00000146. The lowest BCUT2D eigenvalue weighted by Crippen LogP contribution is -2.61. The summed E-state index contributed by atoms with van der Waals surface area (Å²) < 4.78 is 8.26. The molecule has 6 rings (SSSR count). The van der Waals surface area contributed by atoms with Crippen LogP contribution in [0.5, 0.6) is 5.75 Å². The van der Waals surface area contributed by atoms with Crippen LogP contribution in [-0.4, -0.2) is 45.4 Å². The van der Waals surface area contributed by atoms with E-state index in [1.807, 2.05) is 36.5 Å². The number of ether oxygens (including phenoxy) is 1. The second kappa shape index (κ2) is 6.05. The molecule has 3 aliphatic heterocycles. The number of hydrogen-bond acceptors (Lipinski definition) is 4. The van der Waals surface area contributed by atoms with E-state index in [4.69, 9.17) is 4.74 Å². The summed E-state index contributed by atoms with van der Waals surface area (Å²) in [6.07, 6.45) is 10.7. The van der Waals surface area contributed by atoms with Gasteiger partial charge in [-0.15, -0.1) is 12.4 Å². The highest BCUT2D eigenvalue weighted by Gasteiger charge is 2.48. The smallest absolute Gasteiger partial charge is 0.138 e. The van der Waals surface area contributed by atoms with Crippen molar-refractivity contribution in [3.8, 4) is 16.9 Å². The summed E-state index contributed by atoms with van der Waals surface area (Å²) in [5.74, 6) is 3.21. The standard InChI is InChI=1S/C18H22N4O.ClH/c1-21-9-16(6-20-21)13-4-17(7-19-5-13)23-18-14-2-12-3-15(18)11-22(8-12)10-14;/h4-7,9,12,14-15,18H,2-3,8,10-11H2,1H3;1H/t12?,14-,15-,18?;/m0./s1. The molecule has 2 aromatic heterocycles. The Morgan fingerprint density at radius 2 is 1.83 bits per heavy atom. The van der Waals surface area contributed by atoms with Crippen molar-refractivity contribution in [2.75, 3.05) is 19.6 Å². The van der Waals surface area contributed by atoms with Crippen molar-refractivity contribution >= 4 is 12.4 Å². The summed E-state index contributed by atoms with van der Waals surface area (Å²) in [6.45, 7) is 3.75. The Hall–Kier alpha value is -1.59. The summed E-state index contributed by atoms with van der Waals surface area (Å²) in [5.41, 5.74) is 2.16. The Kier molecular flexibility index (Phi) is 4.01. The average Bonchev–Trinajstić information content (AvgIpc) is 2.97. The van der Waals surface area contributed by atoms with E-state index in [9.17, 15) is 0 Å².